The van der Waals surface area contributed by atoms with E-state index in [2.05, 4.69) is 0 Å². The van der Waals surface area contributed by atoms with E-state index < -0.39 is 46.7 Å². The zero-order valence-electron chi connectivity index (χ0n) is 17.3. The number of hydrogen-bond donors (Lipinski definition) is 1. The summed E-state index contributed by atoms with van der Waals surface area (Å²) in [5, 5.41) is 21.2. The molecule has 5 rings (SSSR count). The van der Waals surface area contributed by atoms with Crippen molar-refractivity contribution in [3.63, 3.8) is 0 Å². The van der Waals surface area contributed by atoms with Crippen LogP contribution in [0.1, 0.15) is 57.1 Å². The lowest BCUT2D eigenvalue weighted by Gasteiger charge is -2.41. The molecule has 0 aromatic heterocycles. The van der Waals surface area contributed by atoms with Crippen LogP contribution in [0.15, 0.2) is 42.5 Å². The lowest BCUT2D eigenvalue weighted by molar-refractivity contribution is -0.385. The van der Waals surface area contributed by atoms with E-state index in [0.717, 1.165) is 4.90 Å². The fraction of sp³-hybridized carbons (Fsp3) is 0.304. The van der Waals surface area contributed by atoms with Crippen LogP contribution < -0.4 is 0 Å². The van der Waals surface area contributed by atoms with E-state index >= 15 is 0 Å². The number of nitro benzene ring substituents is 1. The summed E-state index contributed by atoms with van der Waals surface area (Å²) in [4.78, 5) is 65.1. The number of nitrogens with zero attached hydrogens (tertiary/aromatic N) is 3. The van der Waals surface area contributed by atoms with Crippen LogP contribution in [0.5, 0.6) is 0 Å². The van der Waals surface area contributed by atoms with Crippen LogP contribution >= 0.6 is 0 Å². The molecule has 0 unspecified atom stereocenters. The van der Waals surface area contributed by atoms with Crippen LogP contribution in [0.3, 0.4) is 0 Å². The first-order chi connectivity index (χ1) is 15.8. The molecule has 0 radical (unpaired) electrons. The van der Waals surface area contributed by atoms with E-state index in [9.17, 15) is 34.4 Å². The number of piperidine rings is 1. The minimum absolute atomic E-state index is 0.0447. The maximum Gasteiger partial charge on any atom is 0.326 e. The average molecular weight is 449 g/mol. The first kappa shape index (κ1) is 20.8. The SMILES string of the molecule is O=C(O)[C@@H]1CCC[C@@H]2c3cc([N+](=O)[O-])ccc3C[C@H](N3C(=O)c4ccccc4C3=O)C(=O)N21. The number of non-ortho nitro benzene ring substituents is 1. The summed E-state index contributed by atoms with van der Waals surface area (Å²) >= 11 is 0. The molecule has 168 valence electrons. The number of rotatable bonds is 3. The monoisotopic (exact) mass is 449 g/mol. The number of carboxylic acids is 1. The van der Waals surface area contributed by atoms with E-state index in [1.54, 1.807) is 12.1 Å². The van der Waals surface area contributed by atoms with Gasteiger partial charge in [0.2, 0.25) is 5.91 Å². The van der Waals surface area contributed by atoms with E-state index in [-0.39, 0.29) is 29.7 Å². The van der Waals surface area contributed by atoms with E-state index in [1.165, 1.54) is 35.2 Å². The molecule has 33 heavy (non-hydrogen) atoms. The summed E-state index contributed by atoms with van der Waals surface area (Å²) < 4.78 is 0. The Morgan fingerprint density at radius 3 is 2.27 bits per heavy atom. The van der Waals surface area contributed by atoms with Crippen molar-refractivity contribution in [1.29, 1.82) is 0 Å². The number of carbonyl (C=O) groups excluding carboxylic acids is 3. The van der Waals surface area contributed by atoms with Gasteiger partial charge in [-0.3, -0.25) is 29.4 Å². The standard InChI is InChI=1S/C23H19N3O7/c27-20-14-4-1-2-5-15(14)21(28)25(20)19-10-12-8-9-13(26(32)33)11-16(12)17-6-3-7-18(23(30)31)24(17)22(19)29/h1-2,4-5,8-9,11,17-19H,3,6-7,10H2,(H,30,31)/t17-,18+,19+/m1/s1. The predicted octanol–water partition coefficient (Wildman–Crippen LogP) is 2.32. The summed E-state index contributed by atoms with van der Waals surface area (Å²) in [5.74, 6) is -3.05. The molecular formula is C23H19N3O7. The highest BCUT2D eigenvalue weighted by Crippen LogP contribution is 2.42. The Morgan fingerprint density at radius 2 is 1.67 bits per heavy atom. The maximum atomic E-state index is 13.8. The third-order valence-corrected chi connectivity index (χ3v) is 6.70. The van der Waals surface area contributed by atoms with Gasteiger partial charge in [-0.05, 0) is 42.5 Å². The first-order valence-corrected chi connectivity index (χ1v) is 10.6. The van der Waals surface area contributed by atoms with Crippen molar-refractivity contribution in [2.45, 2.75) is 43.8 Å². The van der Waals surface area contributed by atoms with Gasteiger partial charge in [0.25, 0.3) is 17.5 Å². The third-order valence-electron chi connectivity index (χ3n) is 6.70. The number of benzene rings is 2. The van der Waals surface area contributed by atoms with Crippen LogP contribution in [0.2, 0.25) is 0 Å². The quantitative estimate of drug-likeness (QED) is 0.431. The van der Waals surface area contributed by atoms with E-state index in [0.29, 0.717) is 24.0 Å². The van der Waals surface area contributed by atoms with Crippen molar-refractivity contribution in [1.82, 2.24) is 9.80 Å². The van der Waals surface area contributed by atoms with Gasteiger partial charge >= 0.3 is 5.97 Å². The zero-order chi connectivity index (χ0) is 23.4. The highest BCUT2D eigenvalue weighted by Gasteiger charge is 2.50. The Kier molecular flexibility index (Phi) is 4.73. The van der Waals surface area contributed by atoms with Gasteiger partial charge in [0.15, 0.2) is 0 Å². The van der Waals surface area contributed by atoms with Gasteiger partial charge in [0.1, 0.15) is 12.1 Å². The summed E-state index contributed by atoms with van der Waals surface area (Å²) in [6.45, 7) is 0. The summed E-state index contributed by atoms with van der Waals surface area (Å²) in [6, 6.07) is 7.39. The number of fused-ring (bicyclic) bond motifs is 4. The summed E-state index contributed by atoms with van der Waals surface area (Å²) in [5.41, 5.74) is 1.27. The van der Waals surface area contributed by atoms with Crippen molar-refractivity contribution in [2.75, 3.05) is 0 Å². The molecule has 1 saturated heterocycles. The van der Waals surface area contributed by atoms with Crippen LogP contribution in [0.25, 0.3) is 0 Å². The molecule has 1 fully saturated rings. The Bertz CT molecular complexity index is 1210. The molecule has 0 saturated carbocycles. The number of aliphatic carboxylic acids is 1. The van der Waals surface area contributed by atoms with E-state index in [4.69, 9.17) is 0 Å². The van der Waals surface area contributed by atoms with Gasteiger partial charge < -0.3 is 10.0 Å². The minimum Gasteiger partial charge on any atom is -0.480 e. The first-order valence-electron chi connectivity index (χ1n) is 10.6. The molecule has 3 heterocycles. The number of nitro groups is 1. The fourth-order valence-corrected chi connectivity index (χ4v) is 5.21. The predicted molar refractivity (Wildman–Crippen MR) is 112 cm³/mol. The Balaban J connectivity index is 1.66. The highest BCUT2D eigenvalue weighted by molar-refractivity contribution is 6.23. The smallest absolute Gasteiger partial charge is 0.326 e. The number of carbonyl (C=O) groups is 4. The number of amides is 3. The topological polar surface area (TPSA) is 138 Å². The largest absolute Gasteiger partial charge is 0.480 e. The second-order valence-corrected chi connectivity index (χ2v) is 8.43. The Morgan fingerprint density at radius 1 is 1.00 bits per heavy atom. The fourth-order valence-electron chi connectivity index (χ4n) is 5.21. The van der Waals surface area contributed by atoms with Crippen LogP contribution in [-0.4, -0.2) is 55.6 Å². The van der Waals surface area contributed by atoms with Gasteiger partial charge in [-0.25, -0.2) is 4.79 Å². The van der Waals surface area contributed by atoms with Gasteiger partial charge in [-0.1, -0.05) is 18.2 Å². The van der Waals surface area contributed by atoms with Gasteiger partial charge in [-0.15, -0.1) is 0 Å². The van der Waals surface area contributed by atoms with Gasteiger partial charge in [0.05, 0.1) is 22.1 Å². The lowest BCUT2D eigenvalue weighted by atomic mass is 9.89. The molecule has 2 aromatic carbocycles. The maximum absolute atomic E-state index is 13.8. The molecule has 2 aromatic rings. The van der Waals surface area contributed by atoms with E-state index in [1.807, 2.05) is 0 Å². The second kappa shape index (κ2) is 7.51. The molecule has 3 aliphatic heterocycles. The number of imide groups is 1. The van der Waals surface area contributed by atoms with Crippen molar-refractivity contribution in [2.24, 2.45) is 0 Å². The molecule has 3 amide bonds. The Hall–Kier alpha value is -4.08. The minimum atomic E-state index is -1.25. The molecule has 3 aliphatic rings. The Labute approximate surface area is 187 Å². The molecule has 0 spiro atoms. The van der Waals surface area contributed by atoms with Gasteiger partial charge in [-0.2, -0.15) is 0 Å². The van der Waals surface area contributed by atoms with Crippen LogP contribution in [-0.2, 0) is 16.0 Å². The second-order valence-electron chi connectivity index (χ2n) is 8.43. The van der Waals surface area contributed by atoms with Crippen molar-refractivity contribution < 1.29 is 29.2 Å². The molecular weight excluding hydrogens is 430 g/mol. The molecule has 3 atom stereocenters. The molecule has 0 bridgehead atoms. The highest BCUT2D eigenvalue weighted by atomic mass is 16.6. The summed E-state index contributed by atoms with van der Waals surface area (Å²) in [7, 11) is 0. The van der Waals surface area contributed by atoms with Crippen molar-refractivity contribution >= 4 is 29.4 Å². The normalized spacial score (nSPS) is 24.1. The molecule has 10 heteroatoms. The van der Waals surface area contributed by atoms with Crippen LogP contribution in [0.4, 0.5) is 5.69 Å². The van der Waals surface area contributed by atoms with Crippen molar-refractivity contribution in [3.05, 3.63) is 74.8 Å². The lowest BCUT2D eigenvalue weighted by Crippen LogP contribution is -2.56. The van der Waals surface area contributed by atoms with Gasteiger partial charge in [0, 0.05) is 18.6 Å². The van der Waals surface area contributed by atoms with Crippen LogP contribution in [0, 0.1) is 10.1 Å². The zero-order valence-corrected chi connectivity index (χ0v) is 17.3. The third kappa shape index (κ3) is 3.09. The summed E-state index contributed by atoms with van der Waals surface area (Å²) in [6.07, 6.45) is 1.12. The average Bonchev–Trinajstić information content (AvgIpc) is 2.98. The number of carboxylic acid groups (broad SMARTS) is 1. The van der Waals surface area contributed by atoms with Crippen molar-refractivity contribution in [3.8, 4) is 0 Å². The number of hydrogen-bond acceptors (Lipinski definition) is 6. The molecule has 1 N–H and O–H groups in total. The molecule has 0 aliphatic carbocycles. The molecule has 10 nitrogen and oxygen atoms in total.